The van der Waals surface area contributed by atoms with Crippen molar-refractivity contribution in [1.82, 2.24) is 20.2 Å². The molecular weight excluding hydrogens is 416 g/mol. The molecule has 30 heavy (non-hydrogen) atoms. The number of hydrogen-bond donors (Lipinski definition) is 1. The van der Waals surface area contributed by atoms with Crippen LogP contribution in [0.15, 0.2) is 41.6 Å². The van der Waals surface area contributed by atoms with Crippen molar-refractivity contribution in [3.8, 4) is 5.69 Å². The molecule has 0 aliphatic heterocycles. The molecule has 11 heteroatoms. The molecule has 0 unspecified atom stereocenters. The third-order valence-electron chi connectivity index (χ3n) is 3.92. The fourth-order valence-electron chi connectivity index (χ4n) is 2.46. The summed E-state index contributed by atoms with van der Waals surface area (Å²) in [5.74, 6) is -3.26. The van der Waals surface area contributed by atoms with Crippen molar-refractivity contribution < 1.29 is 23.1 Å². The molecule has 0 saturated heterocycles. The van der Waals surface area contributed by atoms with Gasteiger partial charge in [-0.15, -0.1) is 5.10 Å². The van der Waals surface area contributed by atoms with E-state index < -0.39 is 30.1 Å². The van der Waals surface area contributed by atoms with Gasteiger partial charge in [0.25, 0.3) is 5.91 Å². The maximum Gasteiger partial charge on any atom is 0.316 e. The number of anilines is 1. The lowest BCUT2D eigenvalue weighted by Crippen LogP contribution is -2.22. The zero-order valence-corrected chi connectivity index (χ0v) is 16.9. The van der Waals surface area contributed by atoms with Gasteiger partial charge >= 0.3 is 5.97 Å². The Balaban J connectivity index is 1.53. The number of tetrazole rings is 1. The minimum Gasteiger partial charge on any atom is -0.455 e. The predicted molar refractivity (Wildman–Crippen MR) is 105 cm³/mol. The van der Waals surface area contributed by atoms with Crippen molar-refractivity contribution in [2.24, 2.45) is 0 Å². The molecule has 0 atom stereocenters. The number of thioether (sulfide) groups is 1. The fourth-order valence-corrected chi connectivity index (χ4v) is 3.14. The Morgan fingerprint density at radius 2 is 1.97 bits per heavy atom. The number of nitrogens with zero attached hydrogens (tertiary/aromatic N) is 4. The van der Waals surface area contributed by atoms with Gasteiger partial charge in [-0.25, -0.2) is 8.78 Å². The van der Waals surface area contributed by atoms with Crippen LogP contribution in [-0.4, -0.2) is 44.4 Å². The number of rotatable bonds is 7. The van der Waals surface area contributed by atoms with Crippen molar-refractivity contribution >= 4 is 29.3 Å². The Morgan fingerprint density at radius 3 is 2.73 bits per heavy atom. The van der Waals surface area contributed by atoms with Gasteiger partial charge in [0.1, 0.15) is 11.6 Å². The molecule has 3 aromatic rings. The number of ether oxygens (including phenoxy) is 1. The lowest BCUT2D eigenvalue weighted by atomic mass is 10.1. The standard InChI is InChI=1S/C19H17F2N5O3S/c1-11-3-4-12(2)16(7-11)26-19(23-24-25-26)30-10-18(28)29-9-17(27)22-15-6-5-13(20)8-14(15)21/h3-8H,9-10H2,1-2H3,(H,22,27). The van der Waals surface area contributed by atoms with Gasteiger partial charge < -0.3 is 10.1 Å². The molecule has 3 rings (SSSR count). The maximum atomic E-state index is 13.5. The highest BCUT2D eigenvalue weighted by Crippen LogP contribution is 2.21. The van der Waals surface area contributed by atoms with Gasteiger partial charge in [-0.05, 0) is 53.6 Å². The van der Waals surface area contributed by atoms with Crippen molar-refractivity contribution in [3.05, 3.63) is 59.2 Å². The van der Waals surface area contributed by atoms with E-state index in [1.807, 2.05) is 32.0 Å². The van der Waals surface area contributed by atoms with E-state index in [2.05, 4.69) is 20.8 Å². The number of nitrogens with one attached hydrogen (secondary N) is 1. The van der Waals surface area contributed by atoms with E-state index in [9.17, 15) is 18.4 Å². The number of halogens is 2. The summed E-state index contributed by atoms with van der Waals surface area (Å²) in [6, 6.07) is 8.55. The molecule has 1 N–H and O–H groups in total. The van der Waals surface area contributed by atoms with E-state index in [4.69, 9.17) is 4.74 Å². The van der Waals surface area contributed by atoms with Gasteiger partial charge in [0.2, 0.25) is 5.16 Å². The SMILES string of the molecule is Cc1ccc(C)c(-n2nnnc2SCC(=O)OCC(=O)Nc2ccc(F)cc2F)c1. The zero-order valence-electron chi connectivity index (χ0n) is 16.1. The van der Waals surface area contributed by atoms with E-state index in [-0.39, 0.29) is 11.4 Å². The summed E-state index contributed by atoms with van der Waals surface area (Å²) < 4.78 is 32.8. The topological polar surface area (TPSA) is 99.0 Å². The van der Waals surface area contributed by atoms with Gasteiger partial charge in [-0.2, -0.15) is 4.68 Å². The second-order valence-electron chi connectivity index (χ2n) is 6.28. The molecular formula is C19H17F2N5O3S. The third kappa shape index (κ3) is 5.38. The minimum absolute atomic E-state index is 0.135. The van der Waals surface area contributed by atoms with E-state index in [0.717, 1.165) is 40.7 Å². The smallest absolute Gasteiger partial charge is 0.316 e. The number of aryl methyl sites for hydroxylation is 2. The highest BCUT2D eigenvalue weighted by molar-refractivity contribution is 7.99. The molecule has 0 aliphatic rings. The average molecular weight is 433 g/mol. The molecule has 8 nitrogen and oxygen atoms in total. The van der Waals surface area contributed by atoms with Crippen LogP contribution in [0.25, 0.3) is 5.69 Å². The normalized spacial score (nSPS) is 10.7. The van der Waals surface area contributed by atoms with E-state index in [1.165, 1.54) is 4.68 Å². The second kappa shape index (κ2) is 9.44. The Labute approximate surface area is 174 Å². The summed E-state index contributed by atoms with van der Waals surface area (Å²) in [6.45, 7) is 3.25. The summed E-state index contributed by atoms with van der Waals surface area (Å²) in [7, 11) is 0. The number of carbonyl (C=O) groups is 2. The fraction of sp³-hybridized carbons (Fsp3) is 0.211. The monoisotopic (exact) mass is 433 g/mol. The Bertz CT molecular complexity index is 1090. The first-order chi connectivity index (χ1) is 14.3. The number of amides is 1. The molecule has 1 amide bonds. The van der Waals surface area contributed by atoms with Crippen LogP contribution in [0, 0.1) is 25.5 Å². The van der Waals surface area contributed by atoms with Crippen LogP contribution < -0.4 is 5.32 Å². The summed E-state index contributed by atoms with van der Waals surface area (Å²) >= 11 is 1.05. The molecule has 2 aromatic carbocycles. The number of esters is 1. The summed E-state index contributed by atoms with van der Waals surface area (Å²) in [4.78, 5) is 23.8. The van der Waals surface area contributed by atoms with Gasteiger partial charge in [0.05, 0.1) is 17.1 Å². The summed E-state index contributed by atoms with van der Waals surface area (Å²) in [5, 5.41) is 14.1. The molecule has 0 radical (unpaired) electrons. The average Bonchev–Trinajstić information content (AvgIpc) is 3.17. The van der Waals surface area contributed by atoms with Crippen LogP contribution >= 0.6 is 11.8 Å². The molecule has 0 spiro atoms. The highest BCUT2D eigenvalue weighted by Gasteiger charge is 2.15. The first-order valence-electron chi connectivity index (χ1n) is 8.73. The maximum absolute atomic E-state index is 13.5. The first kappa shape index (κ1) is 21.4. The lowest BCUT2D eigenvalue weighted by Gasteiger charge is -2.09. The Kier molecular flexibility index (Phi) is 6.72. The lowest BCUT2D eigenvalue weighted by molar-refractivity contribution is -0.144. The third-order valence-corrected chi connectivity index (χ3v) is 4.82. The number of carbonyl (C=O) groups excluding carboxylic acids is 2. The van der Waals surface area contributed by atoms with Gasteiger partial charge in [0, 0.05) is 6.07 Å². The number of hydrogen-bond acceptors (Lipinski definition) is 7. The largest absolute Gasteiger partial charge is 0.455 e. The van der Waals surface area contributed by atoms with Crippen molar-refractivity contribution in [1.29, 1.82) is 0 Å². The zero-order chi connectivity index (χ0) is 21.7. The van der Waals surface area contributed by atoms with Gasteiger partial charge in [-0.3, -0.25) is 9.59 Å². The molecule has 0 fully saturated rings. The van der Waals surface area contributed by atoms with Gasteiger partial charge in [-0.1, -0.05) is 23.9 Å². The second-order valence-corrected chi connectivity index (χ2v) is 7.23. The van der Waals surface area contributed by atoms with E-state index in [0.29, 0.717) is 11.2 Å². The van der Waals surface area contributed by atoms with Crippen LogP contribution in [0.1, 0.15) is 11.1 Å². The van der Waals surface area contributed by atoms with Crippen molar-refractivity contribution in [2.45, 2.75) is 19.0 Å². The van der Waals surface area contributed by atoms with Crippen LogP contribution in [0.5, 0.6) is 0 Å². The van der Waals surface area contributed by atoms with Crippen LogP contribution in [0.4, 0.5) is 14.5 Å². The van der Waals surface area contributed by atoms with E-state index >= 15 is 0 Å². The molecule has 0 bridgehead atoms. The van der Waals surface area contributed by atoms with Crippen LogP contribution in [0.2, 0.25) is 0 Å². The highest BCUT2D eigenvalue weighted by atomic mass is 32.2. The van der Waals surface area contributed by atoms with E-state index in [1.54, 1.807) is 0 Å². The molecule has 0 saturated carbocycles. The van der Waals surface area contributed by atoms with Gasteiger partial charge in [0.15, 0.2) is 6.61 Å². The minimum atomic E-state index is -0.927. The molecule has 156 valence electrons. The number of aromatic nitrogens is 4. The first-order valence-corrected chi connectivity index (χ1v) is 9.71. The summed E-state index contributed by atoms with van der Waals surface area (Å²) in [5.41, 5.74) is 2.57. The molecule has 1 aromatic heterocycles. The molecule has 0 aliphatic carbocycles. The Morgan fingerprint density at radius 1 is 1.17 bits per heavy atom. The number of benzene rings is 2. The predicted octanol–water partition coefficient (Wildman–Crippen LogP) is 2.83. The van der Waals surface area contributed by atoms with Crippen LogP contribution in [0.3, 0.4) is 0 Å². The quantitative estimate of drug-likeness (QED) is 0.452. The molecule has 1 heterocycles. The Hall–Kier alpha value is -3.34. The summed E-state index contributed by atoms with van der Waals surface area (Å²) in [6.07, 6.45) is 0. The van der Waals surface area contributed by atoms with Crippen molar-refractivity contribution in [3.63, 3.8) is 0 Å². The van der Waals surface area contributed by atoms with Crippen LogP contribution in [-0.2, 0) is 14.3 Å². The van der Waals surface area contributed by atoms with Crippen molar-refractivity contribution in [2.75, 3.05) is 17.7 Å².